The van der Waals surface area contributed by atoms with Gasteiger partial charge in [-0.3, -0.25) is 9.69 Å². The number of nitrogens with zero attached hydrogens (tertiary/aromatic N) is 1. The third-order valence-corrected chi connectivity index (χ3v) is 5.85. The van der Waals surface area contributed by atoms with E-state index in [1.54, 1.807) is 0 Å². The van der Waals surface area contributed by atoms with Gasteiger partial charge in [0.1, 0.15) is 5.97 Å². The summed E-state index contributed by atoms with van der Waals surface area (Å²) in [6, 6.07) is 7.61. The predicted molar refractivity (Wildman–Crippen MR) is 112 cm³/mol. The van der Waals surface area contributed by atoms with E-state index in [0.29, 0.717) is 10.0 Å². The number of anilines is 1. The second kappa shape index (κ2) is 9.84. The number of carbonyl (C=O) groups excluding carboxylic acids is 2. The summed E-state index contributed by atoms with van der Waals surface area (Å²) in [4.78, 5) is 32.5. The van der Waals surface area contributed by atoms with Crippen LogP contribution in [0, 0.1) is 5.92 Å². The average Bonchev–Trinajstić information content (AvgIpc) is 3.16. The number of benzene rings is 1. The molecule has 0 spiro atoms. The van der Waals surface area contributed by atoms with Crippen molar-refractivity contribution in [2.24, 2.45) is 11.7 Å². The van der Waals surface area contributed by atoms with Crippen molar-refractivity contribution in [1.82, 2.24) is 4.98 Å². The molecule has 4 rings (SSSR count). The Morgan fingerprint density at radius 2 is 1.79 bits per heavy atom. The standard InChI is InChI=1S/C18H17Cl2N5O.C2HF3O2/c19-12-8-14-15(9-13(12)20)24-17(23-14)11-2-1-5-22-18(11)25-6-3-10(4-7-25)16(21)26;3-2(4,5)1(6)7/h1-2,5,8-10H,3-4,6-7H2,(H2,21,26)(H,23,24);(H,6,7)/p+1. The lowest BCUT2D eigenvalue weighted by Gasteiger charge is -2.26. The lowest BCUT2D eigenvalue weighted by Crippen LogP contribution is -2.41. The van der Waals surface area contributed by atoms with Gasteiger partial charge >= 0.3 is 6.18 Å². The number of hydrogen-bond acceptors (Lipinski definition) is 4. The summed E-state index contributed by atoms with van der Waals surface area (Å²) in [5.74, 6) is -1.40. The van der Waals surface area contributed by atoms with Crippen molar-refractivity contribution in [1.29, 1.82) is 0 Å². The predicted octanol–water partition coefficient (Wildman–Crippen LogP) is 1.77. The molecule has 176 valence electrons. The number of carboxylic acid groups (broad SMARTS) is 1. The van der Waals surface area contributed by atoms with Crippen molar-refractivity contribution in [3.63, 3.8) is 0 Å². The molecule has 3 aromatic rings. The highest BCUT2D eigenvalue weighted by atomic mass is 35.5. The molecular formula is C20H19Cl2F3N5O3+. The van der Waals surface area contributed by atoms with Crippen molar-refractivity contribution in [3.8, 4) is 11.4 Å². The van der Waals surface area contributed by atoms with Gasteiger partial charge in [0, 0.05) is 18.1 Å². The summed E-state index contributed by atoms with van der Waals surface area (Å²) < 4.78 is 31.5. The van der Waals surface area contributed by atoms with Crippen molar-refractivity contribution < 1.29 is 37.8 Å². The number of alkyl halides is 3. The second-order valence-electron chi connectivity index (χ2n) is 7.32. The van der Waals surface area contributed by atoms with Gasteiger partial charge in [0.05, 0.1) is 29.3 Å². The number of aliphatic carboxylic acids is 1. The van der Waals surface area contributed by atoms with E-state index in [1.807, 2.05) is 30.5 Å². The normalized spacial score (nSPS) is 14.6. The van der Waals surface area contributed by atoms with Gasteiger partial charge in [0.15, 0.2) is 16.6 Å². The maximum atomic E-state index is 11.4. The van der Waals surface area contributed by atoms with Crippen molar-refractivity contribution in [3.05, 3.63) is 40.5 Å². The molecule has 33 heavy (non-hydrogen) atoms. The zero-order valence-corrected chi connectivity index (χ0v) is 18.4. The quantitative estimate of drug-likeness (QED) is 0.562. The molecule has 0 saturated carbocycles. The fraction of sp³-hybridized carbons (Fsp3) is 0.300. The van der Waals surface area contributed by atoms with E-state index in [0.717, 1.165) is 54.2 Å². The lowest BCUT2D eigenvalue weighted by atomic mass is 9.96. The summed E-state index contributed by atoms with van der Waals surface area (Å²) in [6.07, 6.45) is -1.77. The Bertz CT molecular complexity index is 1140. The Labute approximate surface area is 195 Å². The van der Waals surface area contributed by atoms with Crippen LogP contribution >= 0.6 is 23.2 Å². The largest absolute Gasteiger partial charge is 0.542 e. The number of carbonyl (C=O) groups is 2. The maximum absolute atomic E-state index is 11.4. The van der Waals surface area contributed by atoms with Crippen LogP contribution in [-0.2, 0) is 9.59 Å². The average molecular weight is 505 g/mol. The summed E-state index contributed by atoms with van der Waals surface area (Å²) in [5.41, 5.74) is 8.22. The summed E-state index contributed by atoms with van der Waals surface area (Å²) in [6.45, 7) is 1.55. The van der Waals surface area contributed by atoms with E-state index in [9.17, 15) is 18.0 Å². The number of piperidine rings is 1. The third kappa shape index (κ3) is 5.85. The van der Waals surface area contributed by atoms with Crippen LogP contribution in [0.4, 0.5) is 19.0 Å². The Hall–Kier alpha value is -3.05. The van der Waals surface area contributed by atoms with E-state index in [-0.39, 0.29) is 11.8 Å². The molecule has 3 heterocycles. The lowest BCUT2D eigenvalue weighted by molar-refractivity contribution is -0.365. The Morgan fingerprint density at radius 1 is 1.18 bits per heavy atom. The number of nitrogens with two attached hydrogens (primary N) is 1. The van der Waals surface area contributed by atoms with Crippen LogP contribution in [0.3, 0.4) is 0 Å². The second-order valence-corrected chi connectivity index (χ2v) is 8.13. The van der Waals surface area contributed by atoms with Gasteiger partial charge in [-0.05, 0) is 25.0 Å². The van der Waals surface area contributed by atoms with E-state index in [2.05, 4.69) is 19.9 Å². The number of fused-ring (bicyclic) bond motifs is 1. The number of nitrogens with one attached hydrogen (secondary N) is 3. The molecule has 1 aliphatic rings. The van der Waals surface area contributed by atoms with Crippen LogP contribution in [0.5, 0.6) is 0 Å². The highest BCUT2D eigenvalue weighted by Gasteiger charge is 2.32. The molecule has 2 aromatic heterocycles. The first-order valence-corrected chi connectivity index (χ1v) is 10.5. The molecule has 1 saturated heterocycles. The SMILES string of the molecule is NC(=O)C1CCN(c2[nH+]cccc2-c2[nH]c3cc(Cl)c(Cl)cc3[nH+]2)CC1.O=C([O-])C(F)(F)F. The number of halogens is 5. The molecule has 1 fully saturated rings. The van der Waals surface area contributed by atoms with Gasteiger partial charge in [-0.15, -0.1) is 0 Å². The molecule has 1 amide bonds. The number of aromatic amines is 3. The molecule has 0 atom stereocenters. The van der Waals surface area contributed by atoms with E-state index >= 15 is 0 Å². The minimum absolute atomic E-state index is 0.0395. The highest BCUT2D eigenvalue weighted by Crippen LogP contribution is 2.30. The first-order valence-electron chi connectivity index (χ1n) is 9.71. The molecule has 1 aromatic carbocycles. The Balaban J connectivity index is 0.000000383. The smallest absolute Gasteiger partial charge is 0.430 e. The Morgan fingerprint density at radius 3 is 2.36 bits per heavy atom. The first kappa shape index (κ1) is 24.6. The van der Waals surface area contributed by atoms with E-state index < -0.39 is 12.1 Å². The van der Waals surface area contributed by atoms with Gasteiger partial charge in [-0.2, -0.15) is 13.2 Å². The van der Waals surface area contributed by atoms with Crippen LogP contribution in [-0.4, -0.2) is 36.1 Å². The fourth-order valence-electron chi connectivity index (χ4n) is 3.47. The van der Waals surface area contributed by atoms with Gasteiger partial charge in [0.25, 0.3) is 11.6 Å². The van der Waals surface area contributed by atoms with Gasteiger partial charge < -0.3 is 15.6 Å². The van der Waals surface area contributed by atoms with Gasteiger partial charge in [-0.25, -0.2) is 15.0 Å². The number of hydrogen-bond donors (Lipinski definition) is 2. The number of H-pyrrole nitrogens is 3. The number of imidazole rings is 1. The number of rotatable bonds is 3. The summed E-state index contributed by atoms with van der Waals surface area (Å²) >= 11 is 12.2. The van der Waals surface area contributed by atoms with Crippen LogP contribution in [0.1, 0.15) is 12.8 Å². The number of carboxylic acids is 1. The number of pyridine rings is 1. The maximum Gasteiger partial charge on any atom is 0.430 e. The first-order chi connectivity index (χ1) is 15.5. The van der Waals surface area contributed by atoms with Gasteiger partial charge in [0.2, 0.25) is 5.91 Å². The topological polar surface area (TPSA) is 131 Å². The number of aromatic nitrogens is 3. The number of amides is 1. The van der Waals surface area contributed by atoms with Crippen LogP contribution in [0.2, 0.25) is 10.0 Å². The molecule has 1 aliphatic heterocycles. The summed E-state index contributed by atoms with van der Waals surface area (Å²) in [7, 11) is 0. The zero-order valence-electron chi connectivity index (χ0n) is 16.9. The van der Waals surface area contributed by atoms with E-state index in [4.69, 9.17) is 38.8 Å². The Kier molecular flexibility index (Phi) is 7.33. The molecule has 0 aliphatic carbocycles. The minimum atomic E-state index is -5.19. The number of primary amides is 1. The molecule has 8 nitrogen and oxygen atoms in total. The third-order valence-electron chi connectivity index (χ3n) is 5.13. The minimum Gasteiger partial charge on any atom is -0.542 e. The zero-order chi connectivity index (χ0) is 24.3. The van der Waals surface area contributed by atoms with Crippen molar-refractivity contribution in [2.75, 3.05) is 18.0 Å². The molecule has 0 unspecified atom stereocenters. The van der Waals surface area contributed by atoms with E-state index in [1.165, 1.54) is 0 Å². The fourth-order valence-corrected chi connectivity index (χ4v) is 3.80. The monoisotopic (exact) mass is 504 g/mol. The van der Waals surface area contributed by atoms with Crippen LogP contribution < -0.4 is 25.7 Å². The molecular weight excluding hydrogens is 486 g/mol. The summed E-state index contributed by atoms with van der Waals surface area (Å²) in [5, 5.41) is 9.80. The van der Waals surface area contributed by atoms with Gasteiger partial charge in [-0.1, -0.05) is 23.2 Å². The molecule has 0 bridgehead atoms. The van der Waals surface area contributed by atoms with Crippen molar-refractivity contribution in [2.45, 2.75) is 19.0 Å². The molecule has 5 N–H and O–H groups in total. The molecule has 0 radical (unpaired) electrons. The van der Waals surface area contributed by atoms with Crippen LogP contribution in [0.15, 0.2) is 30.5 Å². The van der Waals surface area contributed by atoms with Crippen LogP contribution in [0.25, 0.3) is 22.4 Å². The molecule has 13 heteroatoms. The van der Waals surface area contributed by atoms with Crippen molar-refractivity contribution >= 4 is 51.9 Å². The highest BCUT2D eigenvalue weighted by molar-refractivity contribution is 6.42.